The fourth-order valence-electron chi connectivity index (χ4n) is 1.10. The molecular formula is C9H6BrFN4O2S. The fraction of sp³-hybridized carbons (Fsp3) is 0. The molecule has 0 unspecified atom stereocenters. The van der Waals surface area contributed by atoms with Crippen LogP contribution in [0.15, 0.2) is 40.4 Å². The summed E-state index contributed by atoms with van der Waals surface area (Å²) in [6, 6.07) is 0.863. The minimum absolute atomic E-state index is 0.0301. The molecular weight excluding hydrogens is 327 g/mol. The molecule has 0 aliphatic rings. The van der Waals surface area contributed by atoms with Gasteiger partial charge >= 0.3 is 0 Å². The monoisotopic (exact) mass is 332 g/mol. The summed E-state index contributed by atoms with van der Waals surface area (Å²) in [6.07, 6.45) is 4.52. The number of sulfonamides is 1. The van der Waals surface area contributed by atoms with Crippen molar-refractivity contribution in [3.05, 3.63) is 41.3 Å². The van der Waals surface area contributed by atoms with Crippen LogP contribution in [0.3, 0.4) is 0 Å². The first-order valence-corrected chi connectivity index (χ1v) is 6.86. The van der Waals surface area contributed by atoms with E-state index in [0.29, 0.717) is 4.60 Å². The lowest BCUT2D eigenvalue weighted by molar-refractivity contribution is 0.592. The van der Waals surface area contributed by atoms with E-state index < -0.39 is 15.8 Å². The van der Waals surface area contributed by atoms with Gasteiger partial charge in [0.15, 0.2) is 5.82 Å². The maximum Gasteiger partial charge on any atom is 0.264 e. The maximum absolute atomic E-state index is 12.9. The molecule has 6 nitrogen and oxygen atoms in total. The van der Waals surface area contributed by atoms with Crippen LogP contribution in [0.25, 0.3) is 0 Å². The summed E-state index contributed by atoms with van der Waals surface area (Å²) in [4.78, 5) is 10.8. The van der Waals surface area contributed by atoms with E-state index in [1.807, 2.05) is 0 Å². The second-order valence-electron chi connectivity index (χ2n) is 3.17. The number of nitrogens with zero attached hydrogens (tertiary/aromatic N) is 3. The van der Waals surface area contributed by atoms with Gasteiger partial charge in [-0.25, -0.2) is 22.8 Å². The highest BCUT2D eigenvalue weighted by atomic mass is 79.9. The first kappa shape index (κ1) is 12.8. The van der Waals surface area contributed by atoms with Crippen LogP contribution in [0.5, 0.6) is 0 Å². The van der Waals surface area contributed by atoms with E-state index in [-0.39, 0.29) is 10.7 Å². The molecule has 0 saturated carbocycles. The number of anilines is 1. The number of hydrogen-bond donors (Lipinski definition) is 1. The Balaban J connectivity index is 2.30. The number of rotatable bonds is 3. The van der Waals surface area contributed by atoms with E-state index in [1.165, 1.54) is 12.4 Å². The molecule has 0 aromatic carbocycles. The Morgan fingerprint density at radius 2 is 1.94 bits per heavy atom. The summed E-state index contributed by atoms with van der Waals surface area (Å²) in [5.41, 5.74) is 0. The third-order valence-corrected chi connectivity index (χ3v) is 3.58. The summed E-state index contributed by atoms with van der Waals surface area (Å²) in [7, 11) is -3.92. The summed E-state index contributed by atoms with van der Waals surface area (Å²) < 4.78 is 39.2. The molecule has 0 aliphatic heterocycles. The molecule has 0 amide bonds. The van der Waals surface area contributed by atoms with Crippen molar-refractivity contribution in [2.75, 3.05) is 4.72 Å². The Morgan fingerprint density at radius 3 is 2.56 bits per heavy atom. The average molecular weight is 333 g/mol. The van der Waals surface area contributed by atoms with E-state index in [1.54, 1.807) is 0 Å². The van der Waals surface area contributed by atoms with Gasteiger partial charge in [0, 0.05) is 6.20 Å². The Bertz CT molecular complexity index is 663. The Labute approximate surface area is 110 Å². The van der Waals surface area contributed by atoms with Gasteiger partial charge < -0.3 is 0 Å². The van der Waals surface area contributed by atoms with Gasteiger partial charge in [0.25, 0.3) is 10.0 Å². The highest BCUT2D eigenvalue weighted by Crippen LogP contribution is 2.14. The first-order valence-electron chi connectivity index (χ1n) is 4.58. The minimum atomic E-state index is -3.92. The Morgan fingerprint density at radius 1 is 1.17 bits per heavy atom. The van der Waals surface area contributed by atoms with Gasteiger partial charge in [-0.1, -0.05) is 0 Å². The van der Waals surface area contributed by atoms with Gasteiger partial charge in [0.1, 0.15) is 15.3 Å². The Hall–Kier alpha value is -1.61. The number of halogens is 2. The normalized spacial score (nSPS) is 11.2. The lowest BCUT2D eigenvalue weighted by atomic mass is 10.5. The van der Waals surface area contributed by atoms with Crippen molar-refractivity contribution >= 4 is 31.8 Å². The zero-order valence-corrected chi connectivity index (χ0v) is 11.1. The van der Waals surface area contributed by atoms with Crippen molar-refractivity contribution in [1.29, 1.82) is 0 Å². The molecule has 0 spiro atoms. The van der Waals surface area contributed by atoms with Crippen LogP contribution in [0.2, 0.25) is 0 Å². The molecule has 0 atom stereocenters. The van der Waals surface area contributed by atoms with Crippen LogP contribution in [-0.2, 0) is 10.0 Å². The molecule has 0 fully saturated rings. The summed E-state index contributed by atoms with van der Waals surface area (Å²) in [6.45, 7) is 0. The summed E-state index contributed by atoms with van der Waals surface area (Å²) in [5.74, 6) is -0.706. The van der Waals surface area contributed by atoms with Crippen LogP contribution in [0.1, 0.15) is 0 Å². The van der Waals surface area contributed by atoms with E-state index in [9.17, 15) is 12.8 Å². The highest BCUT2D eigenvalue weighted by molar-refractivity contribution is 9.10. The van der Waals surface area contributed by atoms with Crippen molar-refractivity contribution in [2.45, 2.75) is 4.90 Å². The molecule has 94 valence electrons. The quantitative estimate of drug-likeness (QED) is 0.922. The second-order valence-corrected chi connectivity index (χ2v) is 5.66. The molecule has 0 aliphatic carbocycles. The fourth-order valence-corrected chi connectivity index (χ4v) is 2.27. The first-order chi connectivity index (χ1) is 8.47. The van der Waals surface area contributed by atoms with Crippen molar-refractivity contribution in [2.24, 2.45) is 0 Å². The smallest absolute Gasteiger partial charge is 0.262 e. The predicted octanol–water partition coefficient (Wildman–Crippen LogP) is 1.57. The van der Waals surface area contributed by atoms with Crippen LogP contribution in [-0.4, -0.2) is 23.4 Å². The molecule has 2 heterocycles. The molecule has 0 radical (unpaired) electrons. The SMILES string of the molecule is O=S(=O)(Nc1cnc(Br)cn1)c1cncc(F)c1. The van der Waals surface area contributed by atoms with Crippen LogP contribution < -0.4 is 4.72 Å². The Kier molecular flexibility index (Phi) is 3.53. The number of nitrogens with one attached hydrogen (secondary N) is 1. The molecule has 2 aromatic rings. The van der Waals surface area contributed by atoms with Crippen molar-refractivity contribution in [3.63, 3.8) is 0 Å². The van der Waals surface area contributed by atoms with E-state index in [0.717, 1.165) is 18.5 Å². The van der Waals surface area contributed by atoms with Crippen LogP contribution in [0, 0.1) is 5.82 Å². The molecule has 0 saturated heterocycles. The summed E-state index contributed by atoms with van der Waals surface area (Å²) in [5, 5.41) is 0. The zero-order valence-electron chi connectivity index (χ0n) is 8.71. The molecule has 2 aromatic heterocycles. The third-order valence-electron chi connectivity index (χ3n) is 1.85. The highest BCUT2D eigenvalue weighted by Gasteiger charge is 2.16. The van der Waals surface area contributed by atoms with Gasteiger partial charge in [0.05, 0.1) is 18.6 Å². The van der Waals surface area contributed by atoms with Gasteiger partial charge in [-0.15, -0.1) is 0 Å². The molecule has 2 rings (SSSR count). The average Bonchev–Trinajstić information content (AvgIpc) is 2.32. The second kappa shape index (κ2) is 4.94. The number of aromatic nitrogens is 3. The van der Waals surface area contributed by atoms with Crippen LogP contribution >= 0.6 is 15.9 Å². The molecule has 9 heteroatoms. The standard InChI is InChI=1S/C9H6BrFN4O2S/c10-8-4-14-9(5-13-8)15-18(16,17)7-1-6(11)2-12-3-7/h1-5H,(H,14,15). The van der Waals surface area contributed by atoms with Gasteiger partial charge in [-0.3, -0.25) is 9.71 Å². The van der Waals surface area contributed by atoms with E-state index in [2.05, 4.69) is 35.6 Å². The van der Waals surface area contributed by atoms with Gasteiger partial charge in [-0.05, 0) is 22.0 Å². The number of pyridine rings is 1. The lowest BCUT2D eigenvalue weighted by Crippen LogP contribution is -2.14. The van der Waals surface area contributed by atoms with E-state index in [4.69, 9.17) is 0 Å². The maximum atomic E-state index is 12.9. The third kappa shape index (κ3) is 2.99. The topological polar surface area (TPSA) is 84.8 Å². The molecule has 0 bridgehead atoms. The summed E-state index contributed by atoms with van der Waals surface area (Å²) >= 11 is 3.07. The van der Waals surface area contributed by atoms with Crippen molar-refractivity contribution in [1.82, 2.24) is 15.0 Å². The zero-order chi connectivity index (χ0) is 13.2. The largest absolute Gasteiger partial charge is 0.264 e. The van der Waals surface area contributed by atoms with Gasteiger partial charge in [0.2, 0.25) is 0 Å². The predicted molar refractivity (Wildman–Crippen MR) is 64.7 cm³/mol. The molecule has 18 heavy (non-hydrogen) atoms. The minimum Gasteiger partial charge on any atom is -0.262 e. The van der Waals surface area contributed by atoms with Crippen molar-refractivity contribution in [3.8, 4) is 0 Å². The molecule has 1 N–H and O–H groups in total. The van der Waals surface area contributed by atoms with Crippen molar-refractivity contribution < 1.29 is 12.8 Å². The van der Waals surface area contributed by atoms with Gasteiger partial charge in [-0.2, -0.15) is 0 Å². The number of hydrogen-bond acceptors (Lipinski definition) is 5. The van der Waals surface area contributed by atoms with Crippen LogP contribution in [0.4, 0.5) is 10.2 Å². The lowest BCUT2D eigenvalue weighted by Gasteiger charge is -2.06. The van der Waals surface area contributed by atoms with E-state index >= 15 is 0 Å².